The highest BCUT2D eigenvalue weighted by atomic mass is 16.7. The van der Waals surface area contributed by atoms with Crippen molar-refractivity contribution in [3.8, 4) is 5.75 Å². The summed E-state index contributed by atoms with van der Waals surface area (Å²) in [5, 5.41) is 20.0. The number of hydrogen-bond acceptors (Lipinski definition) is 5. The highest BCUT2D eigenvalue weighted by Crippen LogP contribution is 2.55. The maximum absolute atomic E-state index is 11.6. The van der Waals surface area contributed by atoms with E-state index in [2.05, 4.69) is 0 Å². The van der Waals surface area contributed by atoms with Gasteiger partial charge in [0.1, 0.15) is 16.9 Å². The fourth-order valence-electron chi connectivity index (χ4n) is 4.38. The molecule has 2 aliphatic heterocycles. The molecule has 0 unspecified atom stereocenters. The molecular weight excluding hydrogens is 346 g/mol. The van der Waals surface area contributed by atoms with E-state index in [0.717, 1.165) is 11.3 Å². The maximum atomic E-state index is 11.6. The second-order valence-electron chi connectivity index (χ2n) is 7.41. The van der Waals surface area contributed by atoms with Crippen LogP contribution in [-0.2, 0) is 16.0 Å². The van der Waals surface area contributed by atoms with E-state index < -0.39 is 17.1 Å². The van der Waals surface area contributed by atoms with Gasteiger partial charge in [-0.15, -0.1) is 0 Å². The van der Waals surface area contributed by atoms with Gasteiger partial charge >= 0.3 is 0 Å². The summed E-state index contributed by atoms with van der Waals surface area (Å²) >= 11 is 0. The van der Waals surface area contributed by atoms with Gasteiger partial charge in [-0.05, 0) is 42.0 Å². The topological polar surface area (TPSA) is 86.1 Å². The zero-order valence-corrected chi connectivity index (χ0v) is 15.6. The van der Waals surface area contributed by atoms with Crippen LogP contribution in [0.1, 0.15) is 12.0 Å². The quantitative estimate of drug-likeness (QED) is 0.835. The van der Waals surface area contributed by atoms with E-state index in [1.54, 1.807) is 38.3 Å². The third-order valence-corrected chi connectivity index (χ3v) is 5.95. The zero-order chi connectivity index (χ0) is 19.4. The van der Waals surface area contributed by atoms with E-state index in [4.69, 9.17) is 14.9 Å². The number of carbonyl (C=O) groups is 1. The number of nitrogens with zero attached hydrogens (tertiary/aromatic N) is 2. The van der Waals surface area contributed by atoms with Crippen LogP contribution in [0.3, 0.4) is 0 Å². The highest BCUT2D eigenvalue weighted by Gasteiger charge is 2.72. The van der Waals surface area contributed by atoms with Crippen molar-refractivity contribution in [3.05, 3.63) is 54.1 Å². The van der Waals surface area contributed by atoms with Gasteiger partial charge < -0.3 is 19.5 Å². The minimum Gasteiger partial charge on any atom is -0.497 e. The van der Waals surface area contributed by atoms with Crippen LogP contribution in [0.2, 0.25) is 0 Å². The molecule has 7 nitrogen and oxygen atoms in total. The van der Waals surface area contributed by atoms with Crippen LogP contribution in [0.5, 0.6) is 5.75 Å². The summed E-state index contributed by atoms with van der Waals surface area (Å²) in [5.41, 5.74) is -0.787. The van der Waals surface area contributed by atoms with Crippen molar-refractivity contribution >= 4 is 11.7 Å². The monoisotopic (exact) mass is 369 g/mol. The van der Waals surface area contributed by atoms with Crippen LogP contribution >= 0.6 is 0 Å². The first-order chi connectivity index (χ1) is 12.8. The number of benzene rings is 1. The molecule has 3 aliphatic rings. The van der Waals surface area contributed by atoms with Crippen molar-refractivity contribution in [1.29, 1.82) is 5.41 Å². The molecular formula is C20H23N3O4. The number of fused-ring (bicyclic) bond motifs is 1. The van der Waals surface area contributed by atoms with Gasteiger partial charge in [-0.1, -0.05) is 12.1 Å². The fraction of sp³-hybridized carbons (Fsp3) is 0.400. The average molecular weight is 369 g/mol. The molecule has 1 aliphatic carbocycles. The lowest BCUT2D eigenvalue weighted by molar-refractivity contribution is -0.281. The molecule has 1 aromatic rings. The minimum atomic E-state index is -1.70. The minimum absolute atomic E-state index is 0.105. The Morgan fingerprint density at radius 1 is 1.19 bits per heavy atom. The van der Waals surface area contributed by atoms with Gasteiger partial charge in [0.25, 0.3) is 5.91 Å². The lowest BCUT2D eigenvalue weighted by Gasteiger charge is -2.38. The van der Waals surface area contributed by atoms with Crippen LogP contribution in [0.4, 0.5) is 0 Å². The number of guanidine groups is 1. The van der Waals surface area contributed by atoms with Crippen molar-refractivity contribution < 1.29 is 19.4 Å². The van der Waals surface area contributed by atoms with E-state index >= 15 is 0 Å². The van der Waals surface area contributed by atoms with Crippen molar-refractivity contribution in [2.45, 2.75) is 29.9 Å². The maximum Gasteiger partial charge on any atom is 0.277 e. The number of hydrogen-bond donors (Lipinski definition) is 2. The van der Waals surface area contributed by atoms with Crippen LogP contribution in [0.25, 0.3) is 0 Å². The van der Waals surface area contributed by atoms with Crippen molar-refractivity contribution in [1.82, 2.24) is 9.80 Å². The summed E-state index contributed by atoms with van der Waals surface area (Å²) in [4.78, 5) is 14.8. The predicted octanol–water partition coefficient (Wildman–Crippen LogP) is 1.29. The highest BCUT2D eigenvalue weighted by molar-refractivity contribution is 6.00. The Morgan fingerprint density at radius 2 is 1.81 bits per heavy atom. The summed E-state index contributed by atoms with van der Waals surface area (Å²) in [6.07, 6.45) is 7.22. The first-order valence-electron chi connectivity index (χ1n) is 8.79. The van der Waals surface area contributed by atoms with E-state index in [1.165, 1.54) is 17.1 Å². The van der Waals surface area contributed by atoms with E-state index in [-0.39, 0.29) is 11.7 Å². The predicted molar refractivity (Wildman–Crippen MR) is 99.4 cm³/mol. The number of methoxy groups -OCH3 is 1. The Bertz CT molecular complexity index is 846. The molecule has 0 saturated carbocycles. The van der Waals surface area contributed by atoms with Gasteiger partial charge in [0.15, 0.2) is 11.7 Å². The zero-order valence-electron chi connectivity index (χ0n) is 15.6. The Morgan fingerprint density at radius 3 is 2.41 bits per heavy atom. The van der Waals surface area contributed by atoms with E-state index in [1.807, 2.05) is 24.3 Å². The van der Waals surface area contributed by atoms with Crippen molar-refractivity contribution in [2.24, 2.45) is 0 Å². The van der Waals surface area contributed by atoms with Crippen LogP contribution in [0.15, 0.2) is 48.6 Å². The first kappa shape index (κ1) is 17.8. The molecule has 2 atom stereocenters. The van der Waals surface area contributed by atoms with Gasteiger partial charge in [-0.25, -0.2) is 0 Å². The third-order valence-electron chi connectivity index (χ3n) is 5.95. The number of rotatable bonds is 3. The summed E-state index contributed by atoms with van der Waals surface area (Å²) in [7, 11) is 5.06. The van der Waals surface area contributed by atoms with Crippen molar-refractivity contribution in [2.75, 3.05) is 21.2 Å². The molecule has 7 heteroatoms. The first-order valence-corrected chi connectivity index (χ1v) is 8.79. The number of allylic oxidation sites excluding steroid dienone is 2. The normalized spacial score (nSPS) is 31.1. The van der Waals surface area contributed by atoms with E-state index in [9.17, 15) is 9.90 Å². The summed E-state index contributed by atoms with van der Waals surface area (Å²) < 4.78 is 11.4. The Balaban J connectivity index is 1.77. The molecule has 27 heavy (non-hydrogen) atoms. The number of aliphatic hydroxyl groups is 1. The lowest BCUT2D eigenvalue weighted by Crippen LogP contribution is -2.59. The molecule has 2 fully saturated rings. The molecule has 1 spiro atoms. The number of carbonyl (C=O) groups excluding carboxylic acids is 1. The fourth-order valence-corrected chi connectivity index (χ4v) is 4.38. The number of nitrogens with one attached hydrogen (secondary N) is 1. The van der Waals surface area contributed by atoms with Gasteiger partial charge in [0, 0.05) is 26.9 Å². The second kappa shape index (κ2) is 5.68. The molecule has 0 radical (unpaired) electrons. The molecule has 2 N–H and O–H groups in total. The standard InChI is InChI=1S/C20H23N3O4/c1-22-17(21)23(2)20(25)19(22,12-14-4-6-16(26-3)7-5-14)13-18(27-20)10-8-15(24)9-11-18/h4-11,21,25H,12-13H2,1-3H3/t19-,20-/m0/s1. The molecule has 4 rings (SSSR count). The van der Waals surface area contributed by atoms with Gasteiger partial charge in [-0.2, -0.15) is 0 Å². The van der Waals surface area contributed by atoms with Crippen molar-refractivity contribution in [3.63, 3.8) is 0 Å². The van der Waals surface area contributed by atoms with Crippen LogP contribution in [0, 0.1) is 5.41 Å². The van der Waals surface area contributed by atoms with Gasteiger partial charge in [0.2, 0.25) is 0 Å². The average Bonchev–Trinajstić information content (AvgIpc) is 2.98. The smallest absolute Gasteiger partial charge is 0.277 e. The Hall–Kier alpha value is -2.64. The molecule has 0 amide bonds. The summed E-state index contributed by atoms with van der Waals surface area (Å²) in [6.45, 7) is 0. The Kier molecular flexibility index (Phi) is 3.73. The van der Waals surface area contributed by atoms with Crippen LogP contribution < -0.4 is 4.74 Å². The molecule has 1 aromatic carbocycles. The number of ether oxygens (including phenoxy) is 2. The van der Waals surface area contributed by atoms with E-state index in [0.29, 0.717) is 12.8 Å². The third kappa shape index (κ3) is 2.35. The molecule has 2 saturated heterocycles. The molecule has 2 heterocycles. The van der Waals surface area contributed by atoms with Gasteiger partial charge in [0.05, 0.1) is 7.11 Å². The lowest BCUT2D eigenvalue weighted by atomic mass is 9.79. The summed E-state index contributed by atoms with van der Waals surface area (Å²) in [6, 6.07) is 7.65. The number of ketones is 1. The van der Waals surface area contributed by atoms with Crippen LogP contribution in [-0.4, -0.2) is 64.9 Å². The number of likely N-dealkylation sites (N-methyl/N-ethyl adjacent to an activating group) is 2. The second-order valence-corrected chi connectivity index (χ2v) is 7.41. The SMILES string of the molecule is COc1ccc(C[C@]23CC4(C=CC(=O)C=C4)O[C@]2(O)N(C)C(=N)N3C)cc1. The molecule has 0 aromatic heterocycles. The Labute approximate surface area is 158 Å². The molecule has 0 bridgehead atoms. The largest absolute Gasteiger partial charge is 0.497 e. The summed E-state index contributed by atoms with van der Waals surface area (Å²) in [5.74, 6) is -0.868. The molecule has 142 valence electrons. The van der Waals surface area contributed by atoms with Gasteiger partial charge in [-0.3, -0.25) is 15.1 Å².